The summed E-state index contributed by atoms with van der Waals surface area (Å²) in [5.41, 5.74) is 6.60. The Morgan fingerprint density at radius 2 is 2.00 bits per heavy atom. The smallest absolute Gasteiger partial charge is 0.240 e. The van der Waals surface area contributed by atoms with Crippen LogP contribution in [0, 0.1) is 5.82 Å². The molecule has 0 aliphatic heterocycles. The van der Waals surface area contributed by atoms with Crippen molar-refractivity contribution in [2.75, 3.05) is 7.11 Å². The number of carbonyl (C=O) groups excluding carboxylic acids is 2. The number of rotatable bonds is 7. The topological polar surface area (TPSA) is 81.4 Å². The molecule has 0 spiro atoms. The minimum Gasteiger partial charge on any atom is -0.495 e. The molecule has 0 unspecified atom stereocenters. The fourth-order valence-corrected chi connectivity index (χ4v) is 2.65. The van der Waals surface area contributed by atoms with Gasteiger partial charge in [0.2, 0.25) is 11.8 Å². The summed E-state index contributed by atoms with van der Waals surface area (Å²) >= 11 is 6.06. The molecule has 1 atom stereocenters. The van der Waals surface area contributed by atoms with Gasteiger partial charge in [0, 0.05) is 6.42 Å². The molecule has 0 aliphatic rings. The molecule has 2 rings (SSSR count). The molecule has 0 aromatic heterocycles. The van der Waals surface area contributed by atoms with E-state index in [1.54, 1.807) is 24.3 Å². The van der Waals surface area contributed by atoms with Gasteiger partial charge in [-0.25, -0.2) is 4.39 Å². The molecule has 7 heteroatoms. The number of nitrogens with one attached hydrogen (secondary N) is 1. The lowest BCUT2D eigenvalue weighted by Crippen LogP contribution is -2.46. The van der Waals surface area contributed by atoms with E-state index in [0.29, 0.717) is 16.3 Å². The lowest BCUT2D eigenvalue weighted by atomic mass is 10.0. The number of methoxy groups -OCH3 is 1. The zero-order chi connectivity index (χ0) is 18.4. The second-order valence-electron chi connectivity index (χ2n) is 5.50. The Bertz CT molecular complexity index is 783. The lowest BCUT2D eigenvalue weighted by molar-refractivity contribution is -0.127. The van der Waals surface area contributed by atoms with Crippen molar-refractivity contribution in [3.8, 4) is 5.75 Å². The van der Waals surface area contributed by atoms with Crippen molar-refractivity contribution in [1.29, 1.82) is 0 Å². The highest BCUT2D eigenvalue weighted by Crippen LogP contribution is 2.25. The molecule has 25 heavy (non-hydrogen) atoms. The van der Waals surface area contributed by atoms with Crippen molar-refractivity contribution in [2.45, 2.75) is 18.9 Å². The summed E-state index contributed by atoms with van der Waals surface area (Å²) in [4.78, 5) is 23.8. The fraction of sp³-hybridized carbons (Fsp3) is 0.222. The van der Waals surface area contributed by atoms with Crippen molar-refractivity contribution in [2.24, 2.45) is 5.73 Å². The first-order valence-electron chi connectivity index (χ1n) is 7.54. The summed E-state index contributed by atoms with van der Waals surface area (Å²) in [7, 11) is 1.50. The van der Waals surface area contributed by atoms with Crippen LogP contribution in [0.15, 0.2) is 42.5 Å². The maximum Gasteiger partial charge on any atom is 0.240 e. The van der Waals surface area contributed by atoms with E-state index in [1.165, 1.54) is 25.3 Å². The quantitative estimate of drug-likeness (QED) is 0.790. The second-order valence-corrected chi connectivity index (χ2v) is 5.91. The third kappa shape index (κ3) is 5.46. The molecule has 2 aromatic rings. The van der Waals surface area contributed by atoms with Crippen LogP contribution in [0.5, 0.6) is 5.75 Å². The average molecular weight is 365 g/mol. The van der Waals surface area contributed by atoms with Gasteiger partial charge in [-0.2, -0.15) is 0 Å². The molecule has 0 heterocycles. The predicted octanol–water partition coefficient (Wildman–Crippen LogP) is 2.24. The Labute approximate surface area is 149 Å². The maximum absolute atomic E-state index is 13.2. The van der Waals surface area contributed by atoms with E-state index in [-0.39, 0.29) is 12.8 Å². The van der Waals surface area contributed by atoms with Gasteiger partial charge in [0.25, 0.3) is 0 Å². The summed E-state index contributed by atoms with van der Waals surface area (Å²) < 4.78 is 18.2. The Balaban J connectivity index is 2.04. The molecular formula is C18H18ClFN2O3. The van der Waals surface area contributed by atoms with Crippen molar-refractivity contribution in [3.63, 3.8) is 0 Å². The number of hydrogen-bond donors (Lipinski definition) is 2. The fourth-order valence-electron chi connectivity index (χ4n) is 2.37. The van der Waals surface area contributed by atoms with Gasteiger partial charge in [0.1, 0.15) is 17.6 Å². The molecule has 0 saturated carbocycles. The molecule has 0 radical (unpaired) electrons. The van der Waals surface area contributed by atoms with Gasteiger partial charge in [0.05, 0.1) is 18.6 Å². The summed E-state index contributed by atoms with van der Waals surface area (Å²) in [6, 6.07) is 9.86. The molecule has 0 fully saturated rings. The molecule has 5 nitrogen and oxygen atoms in total. The number of halogens is 2. The van der Waals surface area contributed by atoms with Gasteiger partial charge >= 0.3 is 0 Å². The SMILES string of the molecule is COc1ccc(C[C@H](NC(=O)Cc2cccc(F)c2)C(N)=O)cc1Cl. The Kier molecular flexibility index (Phi) is 6.36. The van der Waals surface area contributed by atoms with E-state index in [9.17, 15) is 14.0 Å². The highest BCUT2D eigenvalue weighted by atomic mass is 35.5. The molecule has 2 aromatic carbocycles. The van der Waals surface area contributed by atoms with Crippen LogP contribution in [0.25, 0.3) is 0 Å². The van der Waals surface area contributed by atoms with Crippen molar-refractivity contribution >= 4 is 23.4 Å². The van der Waals surface area contributed by atoms with Crippen LogP contribution in [0.4, 0.5) is 4.39 Å². The summed E-state index contributed by atoms with van der Waals surface area (Å²) in [6.45, 7) is 0. The van der Waals surface area contributed by atoms with E-state index in [2.05, 4.69) is 5.32 Å². The highest BCUT2D eigenvalue weighted by Gasteiger charge is 2.19. The lowest BCUT2D eigenvalue weighted by Gasteiger charge is -2.16. The van der Waals surface area contributed by atoms with Crippen LogP contribution in [-0.4, -0.2) is 25.0 Å². The first-order valence-corrected chi connectivity index (χ1v) is 7.92. The van der Waals surface area contributed by atoms with Crippen molar-refractivity contribution in [1.82, 2.24) is 5.32 Å². The zero-order valence-corrected chi connectivity index (χ0v) is 14.3. The van der Waals surface area contributed by atoms with Crippen molar-refractivity contribution < 1.29 is 18.7 Å². The Morgan fingerprint density at radius 3 is 2.60 bits per heavy atom. The van der Waals surface area contributed by atoms with Crippen LogP contribution in [0.1, 0.15) is 11.1 Å². The number of carbonyl (C=O) groups is 2. The zero-order valence-electron chi connectivity index (χ0n) is 13.6. The molecular weight excluding hydrogens is 347 g/mol. The number of primary amides is 1. The maximum atomic E-state index is 13.2. The number of hydrogen-bond acceptors (Lipinski definition) is 3. The largest absolute Gasteiger partial charge is 0.495 e. The van der Waals surface area contributed by atoms with Gasteiger partial charge in [0.15, 0.2) is 0 Å². The number of amides is 2. The standard InChI is InChI=1S/C18H18ClFN2O3/c1-25-16-6-5-12(8-14(16)19)9-15(18(21)24)22-17(23)10-11-3-2-4-13(20)7-11/h2-8,15H,9-10H2,1H3,(H2,21,24)(H,22,23)/t15-/m0/s1. The van der Waals surface area contributed by atoms with Gasteiger partial charge in [-0.3, -0.25) is 9.59 Å². The predicted molar refractivity (Wildman–Crippen MR) is 92.9 cm³/mol. The summed E-state index contributed by atoms with van der Waals surface area (Å²) in [5.74, 6) is -1.01. The molecule has 0 bridgehead atoms. The second kappa shape index (κ2) is 8.48. The molecule has 2 amide bonds. The van der Waals surface area contributed by atoms with Gasteiger partial charge in [-0.1, -0.05) is 29.8 Å². The monoisotopic (exact) mass is 364 g/mol. The van der Waals surface area contributed by atoms with E-state index in [0.717, 1.165) is 5.56 Å². The average Bonchev–Trinajstić information content (AvgIpc) is 2.54. The van der Waals surface area contributed by atoms with E-state index >= 15 is 0 Å². The van der Waals surface area contributed by atoms with E-state index < -0.39 is 23.7 Å². The Hall–Kier alpha value is -2.60. The normalized spacial score (nSPS) is 11.6. The minimum absolute atomic E-state index is 0.0507. The van der Waals surface area contributed by atoms with Gasteiger partial charge in [-0.05, 0) is 35.4 Å². The first-order chi connectivity index (χ1) is 11.9. The van der Waals surface area contributed by atoms with Crippen LogP contribution in [0.3, 0.4) is 0 Å². The first kappa shape index (κ1) is 18.7. The van der Waals surface area contributed by atoms with E-state index in [4.69, 9.17) is 22.1 Å². The number of nitrogens with two attached hydrogens (primary N) is 1. The van der Waals surface area contributed by atoms with Crippen LogP contribution in [-0.2, 0) is 22.4 Å². The molecule has 132 valence electrons. The summed E-state index contributed by atoms with van der Waals surface area (Å²) in [5, 5.41) is 2.97. The number of ether oxygens (including phenoxy) is 1. The molecule has 0 aliphatic carbocycles. The molecule has 3 N–H and O–H groups in total. The molecule has 0 saturated heterocycles. The third-order valence-corrected chi connectivity index (χ3v) is 3.88. The van der Waals surface area contributed by atoms with Gasteiger partial charge in [-0.15, -0.1) is 0 Å². The minimum atomic E-state index is -0.898. The third-order valence-electron chi connectivity index (χ3n) is 3.59. The van der Waals surface area contributed by atoms with Gasteiger partial charge < -0.3 is 15.8 Å². The van der Waals surface area contributed by atoms with Crippen LogP contribution < -0.4 is 15.8 Å². The van der Waals surface area contributed by atoms with Crippen LogP contribution in [0.2, 0.25) is 5.02 Å². The van der Waals surface area contributed by atoms with E-state index in [1.807, 2.05) is 0 Å². The van der Waals surface area contributed by atoms with Crippen molar-refractivity contribution in [3.05, 3.63) is 64.4 Å². The summed E-state index contributed by atoms with van der Waals surface area (Å²) in [6.07, 6.45) is 0.138. The highest BCUT2D eigenvalue weighted by molar-refractivity contribution is 6.32. The number of benzene rings is 2. The Morgan fingerprint density at radius 1 is 1.24 bits per heavy atom. The van der Waals surface area contributed by atoms with Crippen LogP contribution >= 0.6 is 11.6 Å².